The van der Waals surface area contributed by atoms with Crippen LogP contribution >= 0.6 is 11.6 Å². The summed E-state index contributed by atoms with van der Waals surface area (Å²) in [6.07, 6.45) is -2.75. The quantitative estimate of drug-likeness (QED) is 0.890. The monoisotopic (exact) mass is 282 g/mol. The van der Waals surface area contributed by atoms with Crippen molar-refractivity contribution in [1.29, 1.82) is 0 Å². The zero-order chi connectivity index (χ0) is 14.0. The highest BCUT2D eigenvalue weighted by atomic mass is 35.5. The largest absolute Gasteiger partial charge is 0.478 e. The predicted molar refractivity (Wildman–Crippen MR) is 68.8 cm³/mol. The van der Waals surface area contributed by atoms with Gasteiger partial charge in [0.05, 0.1) is 5.56 Å². The summed E-state index contributed by atoms with van der Waals surface area (Å²) in [7, 11) is 0. The van der Waals surface area contributed by atoms with Gasteiger partial charge in [0.25, 0.3) is 6.43 Å². The summed E-state index contributed by atoms with van der Waals surface area (Å²) in [6, 6.07) is 10.1. The minimum atomic E-state index is -2.75. The van der Waals surface area contributed by atoms with Gasteiger partial charge in [-0.3, -0.25) is 0 Å². The number of benzene rings is 2. The van der Waals surface area contributed by atoms with Gasteiger partial charge in [-0.05, 0) is 35.4 Å². The molecule has 0 saturated carbocycles. The third-order valence-corrected chi connectivity index (χ3v) is 2.94. The second-order valence-electron chi connectivity index (χ2n) is 3.91. The van der Waals surface area contributed by atoms with Crippen LogP contribution in [0.4, 0.5) is 8.78 Å². The van der Waals surface area contributed by atoms with Crippen LogP contribution in [0.5, 0.6) is 0 Å². The molecule has 0 spiro atoms. The van der Waals surface area contributed by atoms with Crippen molar-refractivity contribution in [3.8, 4) is 11.1 Å². The molecule has 0 fully saturated rings. The van der Waals surface area contributed by atoms with Gasteiger partial charge in [0.2, 0.25) is 0 Å². The van der Waals surface area contributed by atoms with Gasteiger partial charge in [-0.15, -0.1) is 0 Å². The van der Waals surface area contributed by atoms with Crippen LogP contribution in [0.1, 0.15) is 22.3 Å². The molecule has 0 radical (unpaired) electrons. The van der Waals surface area contributed by atoms with Gasteiger partial charge in [-0.25, -0.2) is 13.6 Å². The fraction of sp³-hybridized carbons (Fsp3) is 0.0714. The van der Waals surface area contributed by atoms with Crippen molar-refractivity contribution in [1.82, 2.24) is 0 Å². The number of rotatable bonds is 3. The van der Waals surface area contributed by atoms with Crippen LogP contribution in [-0.4, -0.2) is 11.1 Å². The van der Waals surface area contributed by atoms with Crippen molar-refractivity contribution in [3.63, 3.8) is 0 Å². The summed E-state index contributed by atoms with van der Waals surface area (Å²) in [6.45, 7) is 0. The summed E-state index contributed by atoms with van der Waals surface area (Å²) in [5.74, 6) is -1.23. The number of carboxylic acids is 1. The zero-order valence-corrected chi connectivity index (χ0v) is 10.4. The van der Waals surface area contributed by atoms with Crippen LogP contribution in [0.25, 0.3) is 11.1 Å². The molecule has 19 heavy (non-hydrogen) atoms. The van der Waals surface area contributed by atoms with Crippen LogP contribution < -0.4 is 0 Å². The maximum Gasteiger partial charge on any atom is 0.335 e. The maximum atomic E-state index is 13.0. The number of hydrogen-bond acceptors (Lipinski definition) is 1. The molecule has 0 heterocycles. The molecular formula is C14H9ClF2O2. The SMILES string of the molecule is O=C(O)c1ccc(-c2ccc(Cl)cc2)c(C(F)F)c1. The predicted octanol–water partition coefficient (Wildman–Crippen LogP) is 4.64. The van der Waals surface area contributed by atoms with E-state index in [0.717, 1.165) is 6.07 Å². The lowest BCUT2D eigenvalue weighted by Crippen LogP contribution is -1.99. The van der Waals surface area contributed by atoms with Gasteiger partial charge in [0.15, 0.2) is 0 Å². The molecule has 0 bridgehead atoms. The first kappa shape index (κ1) is 13.5. The second-order valence-corrected chi connectivity index (χ2v) is 4.35. The molecule has 2 aromatic rings. The molecule has 0 atom stereocenters. The first-order valence-electron chi connectivity index (χ1n) is 5.40. The van der Waals surface area contributed by atoms with Crippen LogP contribution in [0.2, 0.25) is 5.02 Å². The van der Waals surface area contributed by atoms with Crippen molar-refractivity contribution in [2.75, 3.05) is 0 Å². The summed E-state index contributed by atoms with van der Waals surface area (Å²) < 4.78 is 26.0. The molecule has 0 aromatic heterocycles. The summed E-state index contributed by atoms with van der Waals surface area (Å²) in [5, 5.41) is 9.33. The summed E-state index contributed by atoms with van der Waals surface area (Å²) >= 11 is 5.74. The molecule has 0 unspecified atom stereocenters. The van der Waals surface area contributed by atoms with Crippen LogP contribution in [0.3, 0.4) is 0 Å². The van der Waals surface area contributed by atoms with Gasteiger partial charge < -0.3 is 5.11 Å². The van der Waals surface area contributed by atoms with E-state index in [9.17, 15) is 13.6 Å². The molecule has 0 saturated heterocycles. The van der Waals surface area contributed by atoms with Gasteiger partial charge in [0, 0.05) is 10.6 Å². The molecule has 98 valence electrons. The highest BCUT2D eigenvalue weighted by Crippen LogP contribution is 2.32. The Bertz CT molecular complexity index is 609. The second kappa shape index (κ2) is 5.36. The van der Waals surface area contributed by atoms with E-state index in [-0.39, 0.29) is 11.1 Å². The van der Waals surface area contributed by atoms with Crippen LogP contribution in [0.15, 0.2) is 42.5 Å². The van der Waals surface area contributed by atoms with Gasteiger partial charge in [-0.2, -0.15) is 0 Å². The first-order valence-corrected chi connectivity index (χ1v) is 5.78. The molecule has 2 aromatic carbocycles. The van der Waals surface area contributed by atoms with Crippen molar-refractivity contribution in [3.05, 3.63) is 58.6 Å². The third-order valence-electron chi connectivity index (χ3n) is 2.69. The van der Waals surface area contributed by atoms with E-state index in [4.69, 9.17) is 16.7 Å². The van der Waals surface area contributed by atoms with Crippen LogP contribution in [-0.2, 0) is 0 Å². The Kier molecular flexibility index (Phi) is 3.81. The van der Waals surface area contributed by atoms with E-state index in [1.807, 2.05) is 0 Å². The Hall–Kier alpha value is -1.94. The van der Waals surface area contributed by atoms with Gasteiger partial charge >= 0.3 is 5.97 Å². The molecule has 0 aliphatic heterocycles. The minimum Gasteiger partial charge on any atom is -0.478 e. The van der Waals surface area contributed by atoms with E-state index in [2.05, 4.69) is 0 Å². The summed E-state index contributed by atoms with van der Waals surface area (Å²) in [5.41, 5.74) is 0.406. The third kappa shape index (κ3) is 2.90. The van der Waals surface area contributed by atoms with Crippen molar-refractivity contribution < 1.29 is 18.7 Å². The number of aromatic carboxylic acids is 1. The summed E-state index contributed by atoms with van der Waals surface area (Å²) in [4.78, 5) is 10.8. The molecule has 0 amide bonds. The topological polar surface area (TPSA) is 37.3 Å². The Balaban J connectivity index is 2.56. The fourth-order valence-electron chi connectivity index (χ4n) is 1.77. The molecule has 1 N–H and O–H groups in total. The minimum absolute atomic E-state index is 0.159. The van der Waals surface area contributed by atoms with Crippen molar-refractivity contribution in [2.24, 2.45) is 0 Å². The lowest BCUT2D eigenvalue weighted by molar-refractivity contribution is 0.0696. The first-order chi connectivity index (χ1) is 8.99. The molecular weight excluding hydrogens is 274 g/mol. The Morgan fingerprint density at radius 3 is 2.26 bits per heavy atom. The molecule has 2 nitrogen and oxygen atoms in total. The highest BCUT2D eigenvalue weighted by molar-refractivity contribution is 6.30. The molecule has 0 aliphatic rings. The number of carbonyl (C=O) groups is 1. The standard InChI is InChI=1S/C14H9ClF2O2/c15-10-4-1-8(2-5-10)11-6-3-9(14(18)19)7-12(11)13(16)17/h1-7,13H,(H,18,19). The van der Waals surface area contributed by atoms with E-state index in [0.29, 0.717) is 16.1 Å². The maximum absolute atomic E-state index is 13.0. The van der Waals surface area contributed by atoms with Crippen molar-refractivity contribution >= 4 is 17.6 Å². The Labute approximate surface area is 113 Å². The fourth-order valence-corrected chi connectivity index (χ4v) is 1.89. The Morgan fingerprint density at radius 1 is 1.11 bits per heavy atom. The molecule has 0 aliphatic carbocycles. The van der Waals surface area contributed by atoms with Gasteiger partial charge in [0.1, 0.15) is 0 Å². The van der Waals surface area contributed by atoms with E-state index < -0.39 is 12.4 Å². The van der Waals surface area contributed by atoms with E-state index >= 15 is 0 Å². The average Bonchev–Trinajstić information content (AvgIpc) is 2.38. The smallest absolute Gasteiger partial charge is 0.335 e. The Morgan fingerprint density at radius 2 is 1.74 bits per heavy atom. The lowest BCUT2D eigenvalue weighted by Gasteiger charge is -2.10. The van der Waals surface area contributed by atoms with Crippen molar-refractivity contribution in [2.45, 2.75) is 6.43 Å². The zero-order valence-electron chi connectivity index (χ0n) is 9.61. The number of carboxylic acid groups (broad SMARTS) is 1. The van der Waals surface area contributed by atoms with E-state index in [1.54, 1.807) is 24.3 Å². The average molecular weight is 283 g/mol. The molecule has 2 rings (SSSR count). The van der Waals surface area contributed by atoms with E-state index in [1.165, 1.54) is 12.1 Å². The number of hydrogen-bond donors (Lipinski definition) is 1. The molecule has 5 heteroatoms. The normalized spacial score (nSPS) is 10.7. The lowest BCUT2D eigenvalue weighted by atomic mass is 9.97. The number of alkyl halides is 2. The van der Waals surface area contributed by atoms with Gasteiger partial charge in [-0.1, -0.05) is 29.8 Å². The highest BCUT2D eigenvalue weighted by Gasteiger charge is 2.17. The van der Waals surface area contributed by atoms with Crippen LogP contribution in [0, 0.1) is 0 Å². The number of halogens is 3.